The van der Waals surface area contributed by atoms with Crippen LogP contribution in [0.2, 0.25) is 0 Å². The fourth-order valence-corrected chi connectivity index (χ4v) is 5.06. The van der Waals surface area contributed by atoms with E-state index in [2.05, 4.69) is 58.9 Å². The highest BCUT2D eigenvalue weighted by Gasteiger charge is 2.35. The number of amidine groups is 2. The van der Waals surface area contributed by atoms with E-state index in [4.69, 9.17) is 19.6 Å². The molecule has 4 rings (SSSR count). The molecule has 37 heavy (non-hydrogen) atoms. The molecule has 2 aromatic rings. The SMILES string of the molecule is CCC1=NN2C(=N)/C(=C/c3cc(Br)c(OCCOc4ccc(C(C)(C)C)cc4)c(OC)c3)C(=O)N=C2S1. The predicted octanol–water partition coefficient (Wildman–Crippen LogP) is 6.24. The molecule has 0 radical (unpaired) electrons. The van der Waals surface area contributed by atoms with Crippen LogP contribution in [-0.2, 0) is 10.2 Å². The third-order valence-corrected chi connectivity index (χ3v) is 7.32. The first kappa shape index (κ1) is 26.9. The van der Waals surface area contributed by atoms with E-state index >= 15 is 0 Å². The molecule has 0 aromatic heterocycles. The first-order valence-corrected chi connectivity index (χ1v) is 13.4. The van der Waals surface area contributed by atoms with Crippen molar-refractivity contribution < 1.29 is 19.0 Å². The van der Waals surface area contributed by atoms with Crippen LogP contribution in [0.5, 0.6) is 17.2 Å². The lowest BCUT2D eigenvalue weighted by molar-refractivity contribution is -0.114. The summed E-state index contributed by atoms with van der Waals surface area (Å²) in [6.45, 7) is 9.16. The Balaban J connectivity index is 1.44. The highest BCUT2D eigenvalue weighted by Crippen LogP contribution is 2.38. The Morgan fingerprint density at radius 2 is 1.84 bits per heavy atom. The van der Waals surface area contributed by atoms with Crippen molar-refractivity contribution in [1.29, 1.82) is 5.41 Å². The fourth-order valence-electron chi connectivity index (χ4n) is 3.66. The molecule has 0 saturated carbocycles. The van der Waals surface area contributed by atoms with Crippen molar-refractivity contribution in [3.8, 4) is 17.2 Å². The molecule has 10 heteroatoms. The number of fused-ring (bicyclic) bond motifs is 1. The summed E-state index contributed by atoms with van der Waals surface area (Å²) in [6.07, 6.45) is 2.32. The van der Waals surface area contributed by atoms with E-state index in [1.165, 1.54) is 22.3 Å². The smallest absolute Gasteiger partial charge is 0.283 e. The van der Waals surface area contributed by atoms with Gasteiger partial charge < -0.3 is 14.2 Å². The van der Waals surface area contributed by atoms with Crippen molar-refractivity contribution in [2.24, 2.45) is 10.1 Å². The van der Waals surface area contributed by atoms with E-state index in [1.807, 2.05) is 19.1 Å². The van der Waals surface area contributed by atoms with Gasteiger partial charge in [-0.1, -0.05) is 39.8 Å². The standard InChI is InChI=1S/C27H29BrN4O4S/c1-6-22-31-32-24(29)19(25(33)30-26(32)37-22)13-16-14-20(28)23(21(15-16)34-5)36-12-11-35-18-9-7-17(8-10-18)27(2,3)4/h7-10,13-15,29H,6,11-12H2,1-5H3/b19-13-,29-24?. The van der Waals surface area contributed by atoms with Gasteiger partial charge in [-0.2, -0.15) is 15.1 Å². The second kappa shape index (κ2) is 11.1. The van der Waals surface area contributed by atoms with Gasteiger partial charge in [-0.15, -0.1) is 0 Å². The Bertz CT molecular complexity index is 1310. The lowest BCUT2D eigenvalue weighted by atomic mass is 9.87. The van der Waals surface area contributed by atoms with Crippen molar-refractivity contribution in [2.45, 2.75) is 39.5 Å². The van der Waals surface area contributed by atoms with Gasteiger partial charge in [0.15, 0.2) is 17.3 Å². The molecule has 2 aliphatic heterocycles. The van der Waals surface area contributed by atoms with Crippen molar-refractivity contribution in [3.05, 3.63) is 57.6 Å². The van der Waals surface area contributed by atoms with Crippen molar-refractivity contribution in [1.82, 2.24) is 5.01 Å². The van der Waals surface area contributed by atoms with Crippen LogP contribution in [0.1, 0.15) is 45.2 Å². The Morgan fingerprint density at radius 3 is 2.49 bits per heavy atom. The van der Waals surface area contributed by atoms with Crippen molar-refractivity contribution in [3.63, 3.8) is 0 Å². The zero-order valence-electron chi connectivity index (χ0n) is 21.4. The zero-order valence-corrected chi connectivity index (χ0v) is 23.8. The molecular weight excluding hydrogens is 556 g/mol. The molecule has 1 amide bonds. The number of hydrogen-bond donors (Lipinski definition) is 1. The normalized spacial score (nSPS) is 16.5. The lowest BCUT2D eigenvalue weighted by Crippen LogP contribution is -2.35. The average molecular weight is 586 g/mol. The van der Waals surface area contributed by atoms with Crippen LogP contribution in [-0.4, -0.2) is 47.3 Å². The average Bonchev–Trinajstić information content (AvgIpc) is 3.28. The van der Waals surface area contributed by atoms with Crippen LogP contribution >= 0.6 is 27.7 Å². The summed E-state index contributed by atoms with van der Waals surface area (Å²) < 4.78 is 18.0. The third-order valence-electron chi connectivity index (χ3n) is 5.68. The second-order valence-electron chi connectivity index (χ2n) is 9.37. The number of hydrazone groups is 1. The summed E-state index contributed by atoms with van der Waals surface area (Å²) in [5.74, 6) is 1.31. The van der Waals surface area contributed by atoms with Crippen LogP contribution in [0.15, 0.2) is 56.5 Å². The van der Waals surface area contributed by atoms with Crippen LogP contribution in [0.3, 0.4) is 0 Å². The highest BCUT2D eigenvalue weighted by atomic mass is 79.9. The van der Waals surface area contributed by atoms with E-state index in [0.717, 1.165) is 10.8 Å². The molecule has 0 fully saturated rings. The minimum atomic E-state index is -0.473. The summed E-state index contributed by atoms with van der Waals surface area (Å²) >= 11 is 4.86. The molecule has 0 aliphatic carbocycles. The summed E-state index contributed by atoms with van der Waals surface area (Å²) in [5, 5.41) is 15.5. The Morgan fingerprint density at radius 1 is 1.14 bits per heavy atom. The molecule has 0 saturated heterocycles. The second-order valence-corrected chi connectivity index (χ2v) is 11.3. The van der Waals surface area contributed by atoms with E-state index in [9.17, 15) is 4.79 Å². The maximum Gasteiger partial charge on any atom is 0.283 e. The maximum atomic E-state index is 12.6. The van der Waals surface area contributed by atoms with Gasteiger partial charge in [0.1, 0.15) is 24.0 Å². The van der Waals surface area contributed by atoms with E-state index in [1.54, 1.807) is 25.3 Å². The van der Waals surface area contributed by atoms with E-state index in [-0.39, 0.29) is 16.8 Å². The number of nitrogens with one attached hydrogen (secondary N) is 1. The molecule has 2 aliphatic rings. The summed E-state index contributed by atoms with van der Waals surface area (Å²) in [6, 6.07) is 11.6. The summed E-state index contributed by atoms with van der Waals surface area (Å²) in [4.78, 5) is 16.7. The van der Waals surface area contributed by atoms with Gasteiger partial charge in [0.2, 0.25) is 5.17 Å². The molecule has 0 unspecified atom stereocenters. The molecule has 0 atom stereocenters. The van der Waals surface area contributed by atoms with E-state index < -0.39 is 5.91 Å². The number of thioether (sulfide) groups is 1. The summed E-state index contributed by atoms with van der Waals surface area (Å²) in [7, 11) is 1.55. The molecule has 0 spiro atoms. The number of carbonyl (C=O) groups is 1. The minimum absolute atomic E-state index is 0.00551. The largest absolute Gasteiger partial charge is 0.493 e. The number of carbonyl (C=O) groups excluding carboxylic acids is 1. The third kappa shape index (κ3) is 6.07. The lowest BCUT2D eigenvalue weighted by Gasteiger charge is -2.20. The molecule has 2 aromatic carbocycles. The van der Waals surface area contributed by atoms with Gasteiger partial charge >= 0.3 is 0 Å². The molecule has 8 nitrogen and oxygen atoms in total. The number of aliphatic imine (C=N–C) groups is 1. The first-order valence-electron chi connectivity index (χ1n) is 11.8. The van der Waals surface area contributed by atoms with Gasteiger partial charge in [-0.3, -0.25) is 10.2 Å². The Hall–Kier alpha value is -3.11. The zero-order chi connectivity index (χ0) is 26.7. The highest BCUT2D eigenvalue weighted by molar-refractivity contribution is 9.10. The quantitative estimate of drug-likeness (QED) is 0.291. The van der Waals surface area contributed by atoms with Gasteiger partial charge in [0, 0.05) is 0 Å². The minimum Gasteiger partial charge on any atom is -0.493 e. The van der Waals surface area contributed by atoms with Crippen molar-refractivity contribution >= 4 is 55.7 Å². The topological polar surface area (TPSA) is 96.6 Å². The first-order chi connectivity index (χ1) is 17.6. The number of halogens is 1. The van der Waals surface area contributed by atoms with Crippen LogP contribution in [0.25, 0.3) is 6.08 Å². The van der Waals surface area contributed by atoms with Gasteiger partial charge in [-0.05, 0) is 81.0 Å². The number of ether oxygens (including phenoxy) is 3. The monoisotopic (exact) mass is 584 g/mol. The number of hydrogen-bond acceptors (Lipinski definition) is 7. The van der Waals surface area contributed by atoms with Gasteiger partial charge in [0.05, 0.1) is 17.2 Å². The number of benzene rings is 2. The van der Waals surface area contributed by atoms with Gasteiger partial charge in [0.25, 0.3) is 5.91 Å². The predicted molar refractivity (Wildman–Crippen MR) is 152 cm³/mol. The number of methoxy groups -OCH3 is 1. The Labute approximate surface area is 229 Å². The molecular formula is C27H29BrN4O4S. The summed E-state index contributed by atoms with van der Waals surface area (Å²) in [5.41, 5.74) is 2.14. The molecule has 194 valence electrons. The number of rotatable bonds is 8. The Kier molecular flexibility index (Phi) is 8.08. The van der Waals surface area contributed by atoms with Crippen molar-refractivity contribution in [2.75, 3.05) is 20.3 Å². The molecule has 1 N–H and O–H groups in total. The van der Waals surface area contributed by atoms with E-state index in [0.29, 0.717) is 46.3 Å². The maximum absolute atomic E-state index is 12.6. The molecule has 2 heterocycles. The molecule has 0 bridgehead atoms. The number of nitrogens with zero attached hydrogens (tertiary/aromatic N) is 3. The van der Waals surface area contributed by atoms with Crippen LogP contribution < -0.4 is 14.2 Å². The fraction of sp³-hybridized carbons (Fsp3) is 0.333. The number of amides is 1. The van der Waals surface area contributed by atoms with Crippen LogP contribution in [0, 0.1) is 5.41 Å². The van der Waals surface area contributed by atoms with Gasteiger partial charge in [-0.25, -0.2) is 0 Å². The van der Waals surface area contributed by atoms with Crippen LogP contribution in [0.4, 0.5) is 0 Å².